The van der Waals surface area contributed by atoms with Crippen LogP contribution in [0.1, 0.15) is 38.8 Å². The Morgan fingerprint density at radius 1 is 1.23 bits per heavy atom. The minimum atomic E-state index is -0.520. The van der Waals surface area contributed by atoms with Crippen LogP contribution in [0.2, 0.25) is 0 Å². The fraction of sp³-hybridized carbons (Fsp3) is 0.480. The Kier molecular flexibility index (Phi) is 7.39. The van der Waals surface area contributed by atoms with Crippen LogP contribution in [0.25, 0.3) is 10.9 Å². The molecule has 0 spiro atoms. The van der Waals surface area contributed by atoms with Gasteiger partial charge in [-0.25, -0.2) is 4.79 Å². The van der Waals surface area contributed by atoms with Crippen molar-refractivity contribution in [3.8, 4) is 11.5 Å². The molecule has 0 saturated carbocycles. The van der Waals surface area contributed by atoms with Gasteiger partial charge in [0.2, 0.25) is 0 Å². The number of pyridine rings is 1. The lowest BCUT2D eigenvalue weighted by Crippen LogP contribution is -2.47. The Morgan fingerprint density at radius 3 is 2.71 bits per heavy atom. The van der Waals surface area contributed by atoms with Crippen LogP contribution in [-0.2, 0) is 11.3 Å². The Hall–Kier alpha value is -3.01. The molecule has 3 heterocycles. The molecular formula is C25H32BrN5O4. The highest BCUT2D eigenvalue weighted by molar-refractivity contribution is 9.09. The highest BCUT2D eigenvalue weighted by Crippen LogP contribution is 2.34. The summed E-state index contributed by atoms with van der Waals surface area (Å²) in [7, 11) is 3.28. The van der Waals surface area contributed by atoms with E-state index < -0.39 is 5.60 Å². The first-order chi connectivity index (χ1) is 16.7. The summed E-state index contributed by atoms with van der Waals surface area (Å²) in [6.07, 6.45) is 4.06. The number of fused-ring (bicyclic) bond motifs is 1. The number of hydrogen-bond acceptors (Lipinski definition) is 7. The molecule has 0 bridgehead atoms. The van der Waals surface area contributed by atoms with Crippen molar-refractivity contribution in [2.45, 2.75) is 50.2 Å². The summed E-state index contributed by atoms with van der Waals surface area (Å²) in [6, 6.07) is 7.80. The third kappa shape index (κ3) is 5.63. The summed E-state index contributed by atoms with van der Waals surface area (Å²) in [6.45, 7) is 7.30. The molecule has 10 heteroatoms. The Balaban J connectivity index is 1.53. The molecule has 188 valence electrons. The number of amides is 1. The van der Waals surface area contributed by atoms with Crippen LogP contribution in [0.15, 0.2) is 36.7 Å². The Bertz CT molecular complexity index is 1190. The summed E-state index contributed by atoms with van der Waals surface area (Å²) in [4.78, 5) is 18.6. The lowest BCUT2D eigenvalue weighted by atomic mass is 10.1. The standard InChI is InChI=1S/C25H32BrN5O4/c1-25(2,3)35-24(32)30-11-9-21(19(26)15-30)31-20-8-10-27-14-18(20)23(29-31)28-13-16-6-7-17(33-4)12-22(16)34-5/h6-8,10,12,14,19,21H,9,11,13,15H2,1-5H3,(H,28,29). The first-order valence-corrected chi connectivity index (χ1v) is 12.5. The minimum absolute atomic E-state index is 0.0227. The number of nitrogens with one attached hydrogen (secondary N) is 1. The number of anilines is 1. The molecule has 1 aliphatic heterocycles. The number of hydrogen-bond donors (Lipinski definition) is 1. The molecule has 1 N–H and O–H groups in total. The van der Waals surface area contributed by atoms with Gasteiger partial charge in [0, 0.05) is 43.7 Å². The average Bonchev–Trinajstić information content (AvgIpc) is 3.20. The fourth-order valence-electron chi connectivity index (χ4n) is 4.21. The molecule has 2 atom stereocenters. The summed E-state index contributed by atoms with van der Waals surface area (Å²) in [5, 5.41) is 9.32. The van der Waals surface area contributed by atoms with Crippen LogP contribution in [0.3, 0.4) is 0 Å². The number of benzene rings is 1. The van der Waals surface area contributed by atoms with E-state index in [0.29, 0.717) is 19.6 Å². The quantitative estimate of drug-likeness (QED) is 0.435. The van der Waals surface area contributed by atoms with E-state index in [4.69, 9.17) is 19.3 Å². The average molecular weight is 546 g/mol. The number of likely N-dealkylation sites (tertiary alicyclic amines) is 1. The lowest BCUT2D eigenvalue weighted by Gasteiger charge is -2.36. The molecular weight excluding hydrogens is 514 g/mol. The third-order valence-corrected chi connectivity index (χ3v) is 6.82. The van der Waals surface area contributed by atoms with E-state index in [0.717, 1.165) is 40.2 Å². The fourth-order valence-corrected chi connectivity index (χ4v) is 5.04. The molecule has 2 unspecified atom stereocenters. The van der Waals surface area contributed by atoms with Crippen LogP contribution in [-0.4, -0.2) is 63.5 Å². The summed E-state index contributed by atoms with van der Waals surface area (Å²) in [5.41, 5.74) is 1.46. The largest absolute Gasteiger partial charge is 0.497 e. The van der Waals surface area contributed by atoms with Gasteiger partial charge in [0.1, 0.15) is 17.1 Å². The maximum atomic E-state index is 12.6. The van der Waals surface area contributed by atoms with Gasteiger partial charge in [0.05, 0.1) is 36.0 Å². The van der Waals surface area contributed by atoms with E-state index in [9.17, 15) is 4.79 Å². The normalized spacial score (nSPS) is 18.4. The molecule has 1 amide bonds. The maximum Gasteiger partial charge on any atom is 0.410 e. The van der Waals surface area contributed by atoms with Crippen LogP contribution >= 0.6 is 15.9 Å². The van der Waals surface area contributed by atoms with Crippen molar-refractivity contribution in [1.82, 2.24) is 19.7 Å². The van der Waals surface area contributed by atoms with Gasteiger partial charge < -0.3 is 24.4 Å². The molecule has 2 aromatic heterocycles. The van der Waals surface area contributed by atoms with Gasteiger partial charge in [0.15, 0.2) is 5.82 Å². The predicted molar refractivity (Wildman–Crippen MR) is 139 cm³/mol. The summed E-state index contributed by atoms with van der Waals surface area (Å²) >= 11 is 3.81. The van der Waals surface area contributed by atoms with Gasteiger partial charge in [-0.15, -0.1) is 0 Å². The molecule has 9 nitrogen and oxygen atoms in total. The van der Waals surface area contributed by atoms with Crippen molar-refractivity contribution in [1.29, 1.82) is 0 Å². The second-order valence-corrected chi connectivity index (χ2v) is 10.7. The van der Waals surface area contributed by atoms with E-state index >= 15 is 0 Å². The third-order valence-electron chi connectivity index (χ3n) is 5.92. The zero-order valence-electron chi connectivity index (χ0n) is 20.7. The Morgan fingerprint density at radius 2 is 2.03 bits per heavy atom. The van der Waals surface area contributed by atoms with Crippen molar-refractivity contribution in [2.75, 3.05) is 32.6 Å². The summed E-state index contributed by atoms with van der Waals surface area (Å²) in [5.74, 6) is 2.24. The number of carbonyl (C=O) groups excluding carboxylic acids is 1. The maximum absolute atomic E-state index is 12.6. The minimum Gasteiger partial charge on any atom is -0.497 e. The number of alkyl halides is 1. The van der Waals surface area contributed by atoms with E-state index in [-0.39, 0.29) is 17.0 Å². The number of aromatic nitrogens is 3. The van der Waals surface area contributed by atoms with Crippen molar-refractivity contribution in [3.05, 3.63) is 42.2 Å². The van der Waals surface area contributed by atoms with Gasteiger partial charge in [0.25, 0.3) is 0 Å². The van der Waals surface area contributed by atoms with E-state index in [1.54, 1.807) is 25.3 Å². The molecule has 4 rings (SSSR count). The number of nitrogens with zero attached hydrogens (tertiary/aromatic N) is 4. The topological polar surface area (TPSA) is 90.7 Å². The number of piperidine rings is 1. The zero-order valence-corrected chi connectivity index (χ0v) is 22.3. The number of rotatable bonds is 6. The molecule has 35 heavy (non-hydrogen) atoms. The number of ether oxygens (including phenoxy) is 3. The van der Waals surface area contributed by atoms with Crippen molar-refractivity contribution in [3.63, 3.8) is 0 Å². The monoisotopic (exact) mass is 545 g/mol. The molecule has 0 aliphatic carbocycles. The van der Waals surface area contributed by atoms with Crippen LogP contribution in [0, 0.1) is 0 Å². The van der Waals surface area contributed by atoms with Crippen molar-refractivity contribution in [2.24, 2.45) is 0 Å². The van der Waals surface area contributed by atoms with Gasteiger partial charge >= 0.3 is 6.09 Å². The summed E-state index contributed by atoms with van der Waals surface area (Å²) < 4.78 is 18.4. The highest BCUT2D eigenvalue weighted by atomic mass is 79.9. The zero-order chi connectivity index (χ0) is 25.2. The van der Waals surface area contributed by atoms with Gasteiger partial charge in [-0.2, -0.15) is 5.10 Å². The molecule has 1 fully saturated rings. The number of methoxy groups -OCH3 is 2. The van der Waals surface area contributed by atoms with E-state index in [2.05, 4.69) is 26.2 Å². The first-order valence-electron chi connectivity index (χ1n) is 11.6. The SMILES string of the molecule is COc1ccc(CNc2nn(C3CCN(C(=O)OC(C)(C)C)CC3Br)c3ccncc23)c(OC)c1. The van der Waals surface area contributed by atoms with E-state index in [1.165, 1.54) is 0 Å². The van der Waals surface area contributed by atoms with Gasteiger partial charge in [-0.3, -0.25) is 9.67 Å². The smallest absolute Gasteiger partial charge is 0.410 e. The molecule has 3 aromatic rings. The van der Waals surface area contributed by atoms with Crippen molar-refractivity contribution < 1.29 is 19.0 Å². The second kappa shape index (κ2) is 10.3. The molecule has 1 aromatic carbocycles. The van der Waals surface area contributed by atoms with Crippen LogP contribution < -0.4 is 14.8 Å². The molecule has 1 saturated heterocycles. The molecule has 0 radical (unpaired) electrons. The predicted octanol–water partition coefficient (Wildman–Crippen LogP) is 5.01. The van der Waals surface area contributed by atoms with Gasteiger partial charge in [-0.1, -0.05) is 15.9 Å². The number of carbonyl (C=O) groups is 1. The van der Waals surface area contributed by atoms with Gasteiger partial charge in [-0.05, 0) is 45.4 Å². The van der Waals surface area contributed by atoms with Crippen LogP contribution in [0.5, 0.6) is 11.5 Å². The first kappa shape index (κ1) is 25.1. The second-order valence-electron chi connectivity index (χ2n) is 9.52. The number of halogens is 1. The van der Waals surface area contributed by atoms with Crippen molar-refractivity contribution >= 4 is 38.7 Å². The molecule has 1 aliphatic rings. The highest BCUT2D eigenvalue weighted by Gasteiger charge is 2.34. The lowest BCUT2D eigenvalue weighted by molar-refractivity contribution is 0.0195. The van der Waals surface area contributed by atoms with Crippen LogP contribution in [0.4, 0.5) is 10.6 Å². The Labute approximate surface area is 213 Å². The van der Waals surface area contributed by atoms with E-state index in [1.807, 2.05) is 55.9 Å².